The number of hydrogen-bond acceptors (Lipinski definition) is 4. The van der Waals surface area contributed by atoms with Gasteiger partial charge in [-0.2, -0.15) is 0 Å². The summed E-state index contributed by atoms with van der Waals surface area (Å²) in [5.41, 5.74) is 2.53. The SMILES string of the molecule is CCc1ccc2c(CN3CCCC(C)(CO)C3)cc(=O)oc2c1. The van der Waals surface area contributed by atoms with Crippen LogP contribution in [0.2, 0.25) is 0 Å². The van der Waals surface area contributed by atoms with Crippen LogP contribution < -0.4 is 5.63 Å². The zero-order valence-electron chi connectivity index (χ0n) is 14.0. The summed E-state index contributed by atoms with van der Waals surface area (Å²) in [6.07, 6.45) is 3.05. The monoisotopic (exact) mass is 315 g/mol. The number of fused-ring (bicyclic) bond motifs is 1. The van der Waals surface area contributed by atoms with Crippen LogP contribution in [0.3, 0.4) is 0 Å². The molecule has 1 fully saturated rings. The van der Waals surface area contributed by atoms with E-state index in [-0.39, 0.29) is 17.6 Å². The Hall–Kier alpha value is -1.65. The fourth-order valence-electron chi connectivity index (χ4n) is 3.56. The van der Waals surface area contributed by atoms with Crippen LogP contribution in [0.1, 0.15) is 37.8 Å². The number of aryl methyl sites for hydroxylation is 1. The van der Waals surface area contributed by atoms with E-state index in [1.807, 2.05) is 6.07 Å². The van der Waals surface area contributed by atoms with Gasteiger partial charge in [-0.3, -0.25) is 4.90 Å². The fraction of sp³-hybridized carbons (Fsp3) is 0.526. The van der Waals surface area contributed by atoms with Crippen LogP contribution in [0.4, 0.5) is 0 Å². The first-order valence-corrected chi connectivity index (χ1v) is 8.42. The van der Waals surface area contributed by atoms with E-state index in [9.17, 15) is 9.90 Å². The molecular formula is C19H25NO3. The van der Waals surface area contributed by atoms with Crippen molar-refractivity contribution in [3.8, 4) is 0 Å². The van der Waals surface area contributed by atoms with E-state index in [4.69, 9.17) is 4.42 Å². The molecule has 1 N–H and O–H groups in total. The molecule has 124 valence electrons. The summed E-state index contributed by atoms with van der Waals surface area (Å²) in [5.74, 6) is 0. The lowest BCUT2D eigenvalue weighted by Crippen LogP contribution is -2.43. The second-order valence-corrected chi connectivity index (χ2v) is 7.06. The predicted molar refractivity (Wildman–Crippen MR) is 91.6 cm³/mol. The van der Waals surface area contributed by atoms with E-state index in [0.717, 1.165) is 49.8 Å². The Labute approximate surface area is 136 Å². The first-order chi connectivity index (χ1) is 11.0. The molecule has 0 saturated carbocycles. The maximum atomic E-state index is 11.9. The highest BCUT2D eigenvalue weighted by Gasteiger charge is 2.30. The predicted octanol–water partition coefficient (Wildman–Crippen LogP) is 2.95. The number of aliphatic hydroxyl groups excluding tert-OH is 1. The molecule has 4 heteroatoms. The van der Waals surface area contributed by atoms with Gasteiger partial charge in [-0.05, 0) is 43.0 Å². The maximum absolute atomic E-state index is 11.9. The maximum Gasteiger partial charge on any atom is 0.336 e. The molecule has 1 aliphatic rings. The van der Waals surface area contributed by atoms with Gasteiger partial charge in [0.15, 0.2) is 0 Å². The molecule has 1 aromatic carbocycles. The molecule has 0 bridgehead atoms. The lowest BCUT2D eigenvalue weighted by molar-refractivity contribution is 0.0430. The molecule has 0 amide bonds. The smallest absolute Gasteiger partial charge is 0.336 e. The number of rotatable bonds is 4. The van der Waals surface area contributed by atoms with Gasteiger partial charge in [-0.25, -0.2) is 4.79 Å². The molecule has 1 aromatic heterocycles. The van der Waals surface area contributed by atoms with Gasteiger partial charge in [0.05, 0.1) is 0 Å². The van der Waals surface area contributed by atoms with Gasteiger partial charge in [0.1, 0.15) is 5.58 Å². The summed E-state index contributed by atoms with van der Waals surface area (Å²) in [4.78, 5) is 14.2. The Kier molecular flexibility index (Phi) is 4.55. The summed E-state index contributed by atoms with van der Waals surface area (Å²) >= 11 is 0. The normalized spacial score (nSPS) is 22.6. The highest BCUT2D eigenvalue weighted by atomic mass is 16.4. The van der Waals surface area contributed by atoms with Gasteiger partial charge in [-0.1, -0.05) is 26.0 Å². The number of nitrogens with zero attached hydrogens (tertiary/aromatic N) is 1. The van der Waals surface area contributed by atoms with Crippen molar-refractivity contribution >= 4 is 11.0 Å². The average molecular weight is 315 g/mol. The average Bonchev–Trinajstić information content (AvgIpc) is 2.54. The second-order valence-electron chi connectivity index (χ2n) is 7.06. The molecule has 23 heavy (non-hydrogen) atoms. The van der Waals surface area contributed by atoms with Crippen LogP contribution in [0.25, 0.3) is 11.0 Å². The Balaban J connectivity index is 1.92. The summed E-state index contributed by atoms with van der Waals surface area (Å²) < 4.78 is 5.38. The van der Waals surface area contributed by atoms with Gasteiger partial charge < -0.3 is 9.52 Å². The lowest BCUT2D eigenvalue weighted by Gasteiger charge is -2.39. The third kappa shape index (κ3) is 3.48. The number of likely N-dealkylation sites (tertiary alicyclic amines) is 1. The topological polar surface area (TPSA) is 53.7 Å². The van der Waals surface area contributed by atoms with Gasteiger partial charge in [0, 0.05) is 36.6 Å². The lowest BCUT2D eigenvalue weighted by atomic mass is 9.82. The molecule has 1 atom stereocenters. The van der Waals surface area contributed by atoms with Gasteiger partial charge in [0.25, 0.3) is 0 Å². The van der Waals surface area contributed by atoms with Crippen LogP contribution in [-0.4, -0.2) is 29.7 Å². The Morgan fingerprint density at radius 2 is 2.17 bits per heavy atom. The zero-order chi connectivity index (χ0) is 16.4. The third-order valence-electron chi connectivity index (χ3n) is 4.94. The van der Waals surface area contributed by atoms with E-state index < -0.39 is 0 Å². The van der Waals surface area contributed by atoms with Crippen molar-refractivity contribution in [3.63, 3.8) is 0 Å². The van der Waals surface area contributed by atoms with Crippen LogP contribution >= 0.6 is 0 Å². The fourth-order valence-corrected chi connectivity index (χ4v) is 3.56. The van der Waals surface area contributed by atoms with Crippen molar-refractivity contribution in [2.75, 3.05) is 19.7 Å². The van der Waals surface area contributed by atoms with E-state index in [0.29, 0.717) is 5.58 Å². The summed E-state index contributed by atoms with van der Waals surface area (Å²) in [6, 6.07) is 7.73. The number of piperidine rings is 1. The van der Waals surface area contributed by atoms with E-state index in [2.05, 4.69) is 30.9 Å². The summed E-state index contributed by atoms with van der Waals surface area (Å²) in [5, 5.41) is 10.6. The van der Waals surface area contributed by atoms with Crippen molar-refractivity contribution in [2.45, 2.75) is 39.7 Å². The number of aliphatic hydroxyl groups is 1. The highest BCUT2D eigenvalue weighted by molar-refractivity contribution is 5.80. The van der Waals surface area contributed by atoms with Crippen molar-refractivity contribution in [2.24, 2.45) is 5.41 Å². The molecule has 0 radical (unpaired) electrons. The molecule has 4 nitrogen and oxygen atoms in total. The largest absolute Gasteiger partial charge is 0.423 e. The molecule has 0 spiro atoms. The van der Waals surface area contributed by atoms with Crippen molar-refractivity contribution in [1.82, 2.24) is 4.90 Å². The molecule has 3 rings (SSSR count). The quantitative estimate of drug-likeness (QED) is 0.881. The Bertz CT molecular complexity index is 752. The molecule has 1 aliphatic heterocycles. The van der Waals surface area contributed by atoms with E-state index in [1.54, 1.807) is 6.07 Å². The molecule has 1 saturated heterocycles. The minimum Gasteiger partial charge on any atom is -0.423 e. The summed E-state index contributed by atoms with van der Waals surface area (Å²) in [7, 11) is 0. The third-order valence-corrected chi connectivity index (χ3v) is 4.94. The van der Waals surface area contributed by atoms with Crippen LogP contribution in [0, 0.1) is 5.41 Å². The van der Waals surface area contributed by atoms with Gasteiger partial charge in [0.2, 0.25) is 0 Å². The Morgan fingerprint density at radius 1 is 1.35 bits per heavy atom. The number of benzene rings is 1. The second kappa shape index (κ2) is 6.46. The molecule has 2 heterocycles. The van der Waals surface area contributed by atoms with E-state index >= 15 is 0 Å². The standard InChI is InChI=1S/C19H25NO3/c1-3-14-5-6-16-15(10-18(22)23-17(16)9-14)11-20-8-4-7-19(2,12-20)13-21/h5-6,9-10,21H,3-4,7-8,11-13H2,1-2H3. The van der Waals surface area contributed by atoms with Crippen LogP contribution in [0.15, 0.2) is 33.5 Å². The van der Waals surface area contributed by atoms with Crippen molar-refractivity contribution in [3.05, 3.63) is 45.8 Å². The highest BCUT2D eigenvalue weighted by Crippen LogP contribution is 2.30. The molecule has 2 aromatic rings. The minimum atomic E-state index is -0.289. The summed E-state index contributed by atoms with van der Waals surface area (Å²) in [6.45, 7) is 7.02. The first-order valence-electron chi connectivity index (χ1n) is 8.42. The van der Waals surface area contributed by atoms with E-state index in [1.165, 1.54) is 5.56 Å². The first kappa shape index (κ1) is 16.2. The molecule has 0 aliphatic carbocycles. The zero-order valence-corrected chi connectivity index (χ0v) is 14.0. The van der Waals surface area contributed by atoms with Crippen LogP contribution in [-0.2, 0) is 13.0 Å². The molecular weight excluding hydrogens is 290 g/mol. The Morgan fingerprint density at radius 3 is 2.91 bits per heavy atom. The van der Waals surface area contributed by atoms with Crippen molar-refractivity contribution < 1.29 is 9.52 Å². The molecule has 1 unspecified atom stereocenters. The number of hydrogen-bond donors (Lipinski definition) is 1. The van der Waals surface area contributed by atoms with Gasteiger partial charge in [-0.15, -0.1) is 0 Å². The van der Waals surface area contributed by atoms with Crippen LogP contribution in [0.5, 0.6) is 0 Å². The minimum absolute atomic E-state index is 0.0388. The van der Waals surface area contributed by atoms with Crippen molar-refractivity contribution in [1.29, 1.82) is 0 Å². The van der Waals surface area contributed by atoms with Gasteiger partial charge >= 0.3 is 5.63 Å².